The van der Waals surface area contributed by atoms with Crippen molar-refractivity contribution in [3.05, 3.63) is 65.7 Å². The lowest BCUT2D eigenvalue weighted by Gasteiger charge is -2.29. The summed E-state index contributed by atoms with van der Waals surface area (Å²) in [5, 5.41) is 3.30. The van der Waals surface area contributed by atoms with Crippen molar-refractivity contribution in [3.8, 4) is 5.75 Å². The SMILES string of the molecule is COc1ccc(CCN(CCC(=O)N2CCNCC2)Cc2ccccc2)cc1.Cl. The molecule has 1 aliphatic rings. The molecule has 3 rings (SSSR count). The molecular formula is C23H32ClN3O2. The third kappa shape index (κ3) is 7.69. The van der Waals surface area contributed by atoms with E-state index < -0.39 is 0 Å². The van der Waals surface area contributed by atoms with E-state index >= 15 is 0 Å². The first-order valence-corrected chi connectivity index (χ1v) is 10.1. The molecule has 0 radical (unpaired) electrons. The fourth-order valence-corrected chi connectivity index (χ4v) is 3.52. The fourth-order valence-electron chi connectivity index (χ4n) is 3.52. The Morgan fingerprint density at radius 1 is 1.00 bits per heavy atom. The standard InChI is InChI=1S/C23H31N3O2.ClH/c1-28-22-9-7-20(8-10-22)11-15-25(19-21-5-3-2-4-6-21)16-12-23(27)26-17-13-24-14-18-26;/h2-10,24H,11-19H2,1H3;1H. The van der Waals surface area contributed by atoms with Gasteiger partial charge in [-0.15, -0.1) is 12.4 Å². The third-order valence-electron chi connectivity index (χ3n) is 5.24. The van der Waals surface area contributed by atoms with E-state index in [1.807, 2.05) is 23.1 Å². The van der Waals surface area contributed by atoms with Gasteiger partial charge in [-0.3, -0.25) is 9.69 Å². The molecule has 1 amide bonds. The number of methoxy groups -OCH3 is 1. The Labute approximate surface area is 180 Å². The number of piperazine rings is 1. The van der Waals surface area contributed by atoms with E-state index in [1.165, 1.54) is 11.1 Å². The second-order valence-electron chi connectivity index (χ2n) is 7.24. The summed E-state index contributed by atoms with van der Waals surface area (Å²) in [5.41, 5.74) is 2.57. The summed E-state index contributed by atoms with van der Waals surface area (Å²) in [7, 11) is 1.69. The van der Waals surface area contributed by atoms with Gasteiger partial charge in [-0.1, -0.05) is 42.5 Å². The molecule has 1 heterocycles. The Morgan fingerprint density at radius 3 is 2.34 bits per heavy atom. The number of nitrogens with one attached hydrogen (secondary N) is 1. The van der Waals surface area contributed by atoms with Crippen molar-refractivity contribution >= 4 is 18.3 Å². The van der Waals surface area contributed by atoms with Crippen LogP contribution in [0.2, 0.25) is 0 Å². The predicted molar refractivity (Wildman–Crippen MR) is 120 cm³/mol. The van der Waals surface area contributed by atoms with E-state index in [-0.39, 0.29) is 18.3 Å². The molecule has 2 aromatic rings. The van der Waals surface area contributed by atoms with E-state index in [4.69, 9.17) is 4.74 Å². The van der Waals surface area contributed by atoms with Gasteiger partial charge in [0.1, 0.15) is 5.75 Å². The van der Waals surface area contributed by atoms with Crippen molar-refractivity contribution in [2.24, 2.45) is 0 Å². The number of ether oxygens (including phenoxy) is 1. The highest BCUT2D eigenvalue weighted by atomic mass is 35.5. The lowest BCUT2D eigenvalue weighted by atomic mass is 10.1. The van der Waals surface area contributed by atoms with E-state index in [1.54, 1.807) is 7.11 Å². The van der Waals surface area contributed by atoms with Gasteiger partial charge in [0.05, 0.1) is 7.11 Å². The minimum atomic E-state index is 0. The van der Waals surface area contributed by atoms with E-state index in [0.717, 1.165) is 58.0 Å². The Hall–Kier alpha value is -2.08. The van der Waals surface area contributed by atoms with Gasteiger partial charge in [-0.05, 0) is 29.7 Å². The molecule has 1 N–H and O–H groups in total. The molecule has 5 nitrogen and oxygen atoms in total. The highest BCUT2D eigenvalue weighted by Gasteiger charge is 2.17. The van der Waals surface area contributed by atoms with Crippen LogP contribution in [-0.4, -0.2) is 62.1 Å². The smallest absolute Gasteiger partial charge is 0.223 e. The Balaban J connectivity index is 0.00000300. The zero-order valence-corrected chi connectivity index (χ0v) is 18.0. The highest BCUT2D eigenvalue weighted by Crippen LogP contribution is 2.13. The molecule has 0 spiro atoms. The molecule has 0 bridgehead atoms. The van der Waals surface area contributed by atoms with Gasteiger partial charge in [-0.25, -0.2) is 0 Å². The number of nitrogens with zero attached hydrogens (tertiary/aromatic N) is 2. The quantitative estimate of drug-likeness (QED) is 0.681. The molecule has 6 heteroatoms. The van der Waals surface area contributed by atoms with Crippen molar-refractivity contribution in [2.75, 3.05) is 46.4 Å². The van der Waals surface area contributed by atoms with Crippen LogP contribution in [0.1, 0.15) is 17.5 Å². The van der Waals surface area contributed by atoms with Crippen molar-refractivity contribution in [1.82, 2.24) is 15.1 Å². The zero-order chi connectivity index (χ0) is 19.6. The number of amides is 1. The predicted octanol–water partition coefficient (Wildman–Crippen LogP) is 2.98. The van der Waals surface area contributed by atoms with Gasteiger partial charge < -0.3 is 15.0 Å². The number of rotatable bonds is 9. The van der Waals surface area contributed by atoms with Crippen molar-refractivity contribution in [3.63, 3.8) is 0 Å². The van der Waals surface area contributed by atoms with E-state index in [2.05, 4.69) is 46.6 Å². The molecule has 1 fully saturated rings. The summed E-state index contributed by atoms with van der Waals surface area (Å²) in [6.07, 6.45) is 1.54. The van der Waals surface area contributed by atoms with Crippen molar-refractivity contribution in [1.29, 1.82) is 0 Å². The Kier molecular flexibility index (Phi) is 9.98. The molecular weight excluding hydrogens is 386 g/mol. The summed E-state index contributed by atoms with van der Waals surface area (Å²) < 4.78 is 5.24. The minimum Gasteiger partial charge on any atom is -0.497 e. The van der Waals surface area contributed by atoms with Gasteiger partial charge >= 0.3 is 0 Å². The van der Waals surface area contributed by atoms with Crippen LogP contribution in [-0.2, 0) is 17.8 Å². The lowest BCUT2D eigenvalue weighted by molar-refractivity contribution is -0.132. The molecule has 0 aromatic heterocycles. The number of hydrogen-bond donors (Lipinski definition) is 1. The average Bonchev–Trinajstić information content (AvgIpc) is 2.77. The minimum absolute atomic E-state index is 0. The Bertz CT molecular complexity index is 719. The molecule has 158 valence electrons. The first-order valence-electron chi connectivity index (χ1n) is 10.1. The molecule has 2 aromatic carbocycles. The van der Waals surface area contributed by atoms with Gasteiger partial charge in [0.2, 0.25) is 5.91 Å². The monoisotopic (exact) mass is 417 g/mol. The van der Waals surface area contributed by atoms with Crippen LogP contribution in [0.25, 0.3) is 0 Å². The number of hydrogen-bond acceptors (Lipinski definition) is 4. The van der Waals surface area contributed by atoms with Gasteiger partial charge in [0, 0.05) is 52.2 Å². The number of carbonyl (C=O) groups is 1. The van der Waals surface area contributed by atoms with Crippen LogP contribution in [0.15, 0.2) is 54.6 Å². The first kappa shape index (κ1) is 23.2. The molecule has 0 saturated carbocycles. The average molecular weight is 418 g/mol. The summed E-state index contributed by atoms with van der Waals surface area (Å²) in [4.78, 5) is 16.9. The van der Waals surface area contributed by atoms with Crippen LogP contribution >= 0.6 is 12.4 Å². The van der Waals surface area contributed by atoms with Crippen molar-refractivity contribution in [2.45, 2.75) is 19.4 Å². The van der Waals surface area contributed by atoms with E-state index in [0.29, 0.717) is 6.42 Å². The second kappa shape index (κ2) is 12.5. The van der Waals surface area contributed by atoms with Gasteiger partial charge in [0.15, 0.2) is 0 Å². The zero-order valence-electron chi connectivity index (χ0n) is 17.2. The van der Waals surface area contributed by atoms with Gasteiger partial charge in [0.25, 0.3) is 0 Å². The summed E-state index contributed by atoms with van der Waals surface area (Å²) in [6.45, 7) is 6.02. The summed E-state index contributed by atoms with van der Waals surface area (Å²) >= 11 is 0. The maximum Gasteiger partial charge on any atom is 0.223 e. The van der Waals surface area contributed by atoms with Crippen LogP contribution in [0.4, 0.5) is 0 Å². The van der Waals surface area contributed by atoms with E-state index in [9.17, 15) is 4.79 Å². The molecule has 1 aliphatic heterocycles. The molecule has 1 saturated heterocycles. The highest BCUT2D eigenvalue weighted by molar-refractivity contribution is 5.85. The largest absolute Gasteiger partial charge is 0.497 e. The second-order valence-corrected chi connectivity index (χ2v) is 7.24. The molecule has 0 aliphatic carbocycles. The Morgan fingerprint density at radius 2 is 1.69 bits per heavy atom. The molecule has 0 unspecified atom stereocenters. The third-order valence-corrected chi connectivity index (χ3v) is 5.24. The first-order chi connectivity index (χ1) is 13.7. The molecule has 0 atom stereocenters. The van der Waals surface area contributed by atoms with Crippen LogP contribution in [0, 0.1) is 0 Å². The van der Waals surface area contributed by atoms with Gasteiger partial charge in [-0.2, -0.15) is 0 Å². The van der Waals surface area contributed by atoms with Crippen LogP contribution in [0.3, 0.4) is 0 Å². The summed E-state index contributed by atoms with van der Waals surface area (Å²) in [5.74, 6) is 1.15. The van der Waals surface area contributed by atoms with Crippen LogP contribution in [0.5, 0.6) is 5.75 Å². The topological polar surface area (TPSA) is 44.8 Å². The lowest BCUT2D eigenvalue weighted by Crippen LogP contribution is -2.47. The van der Waals surface area contributed by atoms with Crippen molar-refractivity contribution < 1.29 is 9.53 Å². The summed E-state index contributed by atoms with van der Waals surface area (Å²) in [6, 6.07) is 18.7. The number of benzene rings is 2. The number of halogens is 1. The normalized spacial score (nSPS) is 13.8. The fraction of sp³-hybridized carbons (Fsp3) is 0.435. The molecule has 29 heavy (non-hydrogen) atoms. The maximum absolute atomic E-state index is 12.6. The number of carbonyl (C=O) groups excluding carboxylic acids is 1. The van der Waals surface area contributed by atoms with Crippen LogP contribution < -0.4 is 10.1 Å². The maximum atomic E-state index is 12.6.